The Bertz CT molecular complexity index is 925. The van der Waals surface area contributed by atoms with Crippen LogP contribution in [0.3, 0.4) is 0 Å². The molecule has 0 radical (unpaired) electrons. The average molecular weight is 471 g/mol. The molecule has 1 aliphatic rings. The van der Waals surface area contributed by atoms with E-state index in [2.05, 4.69) is 15.2 Å². The number of halogens is 3. The van der Waals surface area contributed by atoms with Gasteiger partial charge in [-0.05, 0) is 44.0 Å². The van der Waals surface area contributed by atoms with Crippen molar-refractivity contribution in [2.24, 2.45) is 5.92 Å². The molecule has 0 bridgehead atoms. The molecule has 2 N–H and O–H groups in total. The van der Waals surface area contributed by atoms with E-state index in [9.17, 15) is 27.9 Å². The van der Waals surface area contributed by atoms with Gasteiger partial charge in [0.1, 0.15) is 11.6 Å². The first kappa shape index (κ1) is 24.0. The van der Waals surface area contributed by atoms with E-state index in [-0.39, 0.29) is 18.4 Å². The Hall–Kier alpha value is -2.66. The summed E-state index contributed by atoms with van der Waals surface area (Å²) in [5.74, 6) is -0.150. The van der Waals surface area contributed by atoms with E-state index in [0.29, 0.717) is 24.3 Å². The van der Waals surface area contributed by atoms with Gasteiger partial charge in [0.2, 0.25) is 5.91 Å². The minimum Gasteiger partial charge on any atom is -0.465 e. The number of carboxylic acid groups (broad SMARTS) is 1. The highest BCUT2D eigenvalue weighted by Crippen LogP contribution is 2.31. The van der Waals surface area contributed by atoms with Gasteiger partial charge in [0, 0.05) is 24.5 Å². The number of benzene rings is 1. The van der Waals surface area contributed by atoms with Crippen LogP contribution in [0.5, 0.6) is 0 Å². The molecular weight excluding hydrogens is 445 g/mol. The number of rotatable bonds is 7. The van der Waals surface area contributed by atoms with Gasteiger partial charge in [-0.15, -0.1) is 11.3 Å². The SMILES string of the molecule is CNC(=O)CN(CC1CCN(Cc2nc(-c3ccc(C(F)(F)F)cc3)cs2)CC1)C(=O)O. The molecule has 0 spiro atoms. The fraction of sp³-hybridized carbons (Fsp3) is 0.476. The van der Waals surface area contributed by atoms with Crippen molar-refractivity contribution >= 4 is 23.3 Å². The lowest BCUT2D eigenvalue weighted by atomic mass is 9.96. The fourth-order valence-electron chi connectivity index (χ4n) is 3.64. The second-order valence-electron chi connectivity index (χ2n) is 7.76. The van der Waals surface area contributed by atoms with E-state index in [1.54, 1.807) is 0 Å². The number of nitrogens with zero attached hydrogens (tertiary/aromatic N) is 3. The summed E-state index contributed by atoms with van der Waals surface area (Å²) in [4.78, 5) is 30.8. The molecule has 7 nitrogen and oxygen atoms in total. The molecule has 174 valence electrons. The van der Waals surface area contributed by atoms with E-state index >= 15 is 0 Å². The van der Waals surface area contributed by atoms with Gasteiger partial charge in [-0.3, -0.25) is 14.6 Å². The molecule has 0 unspecified atom stereocenters. The number of amides is 2. The zero-order valence-electron chi connectivity index (χ0n) is 17.6. The second-order valence-corrected chi connectivity index (χ2v) is 8.70. The number of hydrogen-bond acceptors (Lipinski definition) is 5. The van der Waals surface area contributed by atoms with Gasteiger partial charge in [0.25, 0.3) is 0 Å². The van der Waals surface area contributed by atoms with Crippen LogP contribution in [-0.4, -0.2) is 65.1 Å². The number of nitrogens with one attached hydrogen (secondary N) is 1. The summed E-state index contributed by atoms with van der Waals surface area (Å²) in [5.41, 5.74) is 0.611. The van der Waals surface area contributed by atoms with Crippen LogP contribution in [0.25, 0.3) is 11.3 Å². The number of hydrogen-bond donors (Lipinski definition) is 2. The van der Waals surface area contributed by atoms with Crippen molar-refractivity contribution in [1.29, 1.82) is 0 Å². The third-order valence-electron chi connectivity index (χ3n) is 5.49. The summed E-state index contributed by atoms with van der Waals surface area (Å²) in [7, 11) is 1.47. The van der Waals surface area contributed by atoms with Crippen molar-refractivity contribution in [1.82, 2.24) is 20.1 Å². The first-order valence-corrected chi connectivity index (χ1v) is 11.1. The molecule has 3 rings (SSSR count). The molecule has 1 fully saturated rings. The number of aromatic nitrogens is 1. The highest BCUT2D eigenvalue weighted by atomic mass is 32.1. The minimum absolute atomic E-state index is 0.169. The summed E-state index contributed by atoms with van der Waals surface area (Å²) < 4.78 is 38.2. The molecule has 1 aromatic carbocycles. The number of carbonyl (C=O) groups is 2. The quantitative estimate of drug-likeness (QED) is 0.644. The van der Waals surface area contributed by atoms with Crippen molar-refractivity contribution in [3.8, 4) is 11.3 Å². The summed E-state index contributed by atoms with van der Waals surface area (Å²) in [5, 5.41) is 14.5. The zero-order chi connectivity index (χ0) is 23.3. The van der Waals surface area contributed by atoms with Crippen LogP contribution >= 0.6 is 11.3 Å². The van der Waals surface area contributed by atoms with Crippen molar-refractivity contribution in [3.05, 3.63) is 40.2 Å². The summed E-state index contributed by atoms with van der Waals surface area (Å²) in [6.45, 7) is 2.36. The maximum atomic E-state index is 12.7. The van der Waals surface area contributed by atoms with Crippen molar-refractivity contribution < 1.29 is 27.9 Å². The van der Waals surface area contributed by atoms with Crippen molar-refractivity contribution in [2.75, 3.05) is 33.2 Å². The normalized spacial score (nSPS) is 15.5. The van der Waals surface area contributed by atoms with E-state index in [1.165, 1.54) is 30.5 Å². The predicted molar refractivity (Wildman–Crippen MR) is 114 cm³/mol. The Labute approximate surface area is 187 Å². The first-order valence-electron chi connectivity index (χ1n) is 10.2. The number of carbonyl (C=O) groups excluding carboxylic acids is 1. The molecule has 1 aromatic heterocycles. The summed E-state index contributed by atoms with van der Waals surface area (Å²) in [6, 6.07) is 4.98. The first-order chi connectivity index (χ1) is 15.2. The number of thiazole rings is 1. The third kappa shape index (κ3) is 6.42. The molecule has 0 atom stereocenters. The van der Waals surface area contributed by atoms with Gasteiger partial charge >= 0.3 is 12.3 Å². The van der Waals surface area contributed by atoms with E-state index in [4.69, 9.17) is 0 Å². The number of likely N-dealkylation sites (tertiary alicyclic amines) is 1. The number of alkyl halides is 3. The van der Waals surface area contributed by atoms with E-state index in [1.807, 2.05) is 5.38 Å². The Morgan fingerprint density at radius 1 is 1.25 bits per heavy atom. The third-order valence-corrected chi connectivity index (χ3v) is 6.32. The van der Waals surface area contributed by atoms with Crippen molar-refractivity contribution in [3.63, 3.8) is 0 Å². The lowest BCUT2D eigenvalue weighted by Crippen LogP contribution is -2.44. The van der Waals surface area contributed by atoms with Crippen LogP contribution in [0, 0.1) is 5.92 Å². The largest absolute Gasteiger partial charge is 0.465 e. The highest BCUT2D eigenvalue weighted by molar-refractivity contribution is 7.09. The average Bonchev–Trinajstić information content (AvgIpc) is 3.22. The predicted octanol–water partition coefficient (Wildman–Crippen LogP) is 3.77. The van der Waals surface area contributed by atoms with E-state index < -0.39 is 17.8 Å². The zero-order valence-corrected chi connectivity index (χ0v) is 18.4. The number of likely N-dealkylation sites (N-methyl/N-ethyl adjacent to an activating group) is 1. The molecule has 32 heavy (non-hydrogen) atoms. The van der Waals surface area contributed by atoms with Gasteiger partial charge in [0.15, 0.2) is 0 Å². The molecule has 1 aliphatic heterocycles. The highest BCUT2D eigenvalue weighted by Gasteiger charge is 2.30. The molecule has 2 aromatic rings. The van der Waals surface area contributed by atoms with Gasteiger partial charge in [-0.1, -0.05) is 12.1 Å². The second kappa shape index (κ2) is 10.3. The minimum atomic E-state index is -4.36. The van der Waals surface area contributed by atoms with Crippen LogP contribution in [0.15, 0.2) is 29.6 Å². The fourth-order valence-corrected chi connectivity index (χ4v) is 4.48. The molecule has 2 heterocycles. The Morgan fingerprint density at radius 3 is 2.47 bits per heavy atom. The van der Waals surface area contributed by atoms with Crippen LogP contribution in [0.4, 0.5) is 18.0 Å². The van der Waals surface area contributed by atoms with Gasteiger partial charge in [0.05, 0.1) is 17.8 Å². The monoisotopic (exact) mass is 470 g/mol. The Morgan fingerprint density at radius 2 is 1.91 bits per heavy atom. The maximum absolute atomic E-state index is 12.7. The molecule has 2 amide bonds. The topological polar surface area (TPSA) is 85.8 Å². The standard InChI is InChI=1S/C21H25F3N4O3S/c1-25-18(29)11-28(20(30)31)10-14-6-8-27(9-7-14)12-19-26-17(13-32-19)15-2-4-16(5-3-15)21(22,23)24/h2-5,13-14H,6-12H2,1H3,(H,25,29)(H,30,31). The molecule has 0 saturated carbocycles. The lowest BCUT2D eigenvalue weighted by Gasteiger charge is -2.33. The van der Waals surface area contributed by atoms with Gasteiger partial charge < -0.3 is 10.4 Å². The molecule has 0 aliphatic carbocycles. The lowest BCUT2D eigenvalue weighted by molar-refractivity contribution is -0.137. The van der Waals surface area contributed by atoms with Gasteiger partial charge in [-0.25, -0.2) is 9.78 Å². The Kier molecular flexibility index (Phi) is 7.73. The summed E-state index contributed by atoms with van der Waals surface area (Å²) >= 11 is 1.47. The maximum Gasteiger partial charge on any atom is 0.416 e. The summed E-state index contributed by atoms with van der Waals surface area (Å²) in [6.07, 6.45) is -3.83. The van der Waals surface area contributed by atoms with Crippen LogP contribution in [-0.2, 0) is 17.5 Å². The molecule has 11 heteroatoms. The Balaban J connectivity index is 1.51. The molecule has 1 saturated heterocycles. The van der Waals surface area contributed by atoms with Crippen LogP contribution in [0.2, 0.25) is 0 Å². The smallest absolute Gasteiger partial charge is 0.416 e. The molecular formula is C21H25F3N4O3S. The van der Waals surface area contributed by atoms with Crippen LogP contribution < -0.4 is 5.32 Å². The van der Waals surface area contributed by atoms with Crippen molar-refractivity contribution in [2.45, 2.75) is 25.6 Å². The van der Waals surface area contributed by atoms with Crippen LogP contribution in [0.1, 0.15) is 23.4 Å². The van der Waals surface area contributed by atoms with E-state index in [0.717, 1.165) is 48.0 Å². The number of piperidine rings is 1. The van der Waals surface area contributed by atoms with Gasteiger partial charge in [-0.2, -0.15) is 13.2 Å².